The van der Waals surface area contributed by atoms with Crippen molar-refractivity contribution in [2.75, 3.05) is 19.9 Å². The number of carbonyl (C=O) groups excluding carboxylic acids is 1. The first-order chi connectivity index (χ1) is 13.3. The van der Waals surface area contributed by atoms with E-state index < -0.39 is 22.9 Å². The van der Waals surface area contributed by atoms with Gasteiger partial charge in [-0.15, -0.1) is 0 Å². The summed E-state index contributed by atoms with van der Waals surface area (Å²) in [5.41, 5.74) is 4.55. The molecule has 2 aromatic carbocycles. The van der Waals surface area contributed by atoms with Crippen molar-refractivity contribution < 1.29 is 19.4 Å². The lowest BCUT2D eigenvalue weighted by Gasteiger charge is -2.35. The molecule has 0 radical (unpaired) electrons. The zero-order valence-electron chi connectivity index (χ0n) is 16.5. The Morgan fingerprint density at radius 3 is 2.07 bits per heavy atom. The first-order valence-corrected chi connectivity index (χ1v) is 10.4. The maximum Gasteiger partial charge on any atom is 0.410 e. The van der Waals surface area contributed by atoms with E-state index in [2.05, 4.69) is 24.3 Å². The summed E-state index contributed by atoms with van der Waals surface area (Å²) in [6.07, 6.45) is 1.21. The maximum atomic E-state index is 12.7. The van der Waals surface area contributed by atoms with Crippen LogP contribution in [-0.2, 0) is 9.53 Å². The van der Waals surface area contributed by atoms with Gasteiger partial charge in [0.1, 0.15) is 12.6 Å². The highest BCUT2D eigenvalue weighted by atomic mass is 32.2. The molecule has 148 valence electrons. The lowest BCUT2D eigenvalue weighted by atomic mass is 9.98. The first kappa shape index (κ1) is 20.3. The van der Waals surface area contributed by atoms with E-state index in [1.807, 2.05) is 44.4 Å². The number of nitrogens with zero attached hydrogens (tertiary/aromatic N) is 1. The van der Waals surface area contributed by atoms with Crippen molar-refractivity contribution in [1.82, 2.24) is 4.90 Å². The molecule has 0 heterocycles. The van der Waals surface area contributed by atoms with Gasteiger partial charge in [0.2, 0.25) is 0 Å². The smallest absolute Gasteiger partial charge is 0.410 e. The van der Waals surface area contributed by atoms with Crippen molar-refractivity contribution >= 4 is 23.8 Å². The zero-order chi connectivity index (χ0) is 20.5. The molecule has 0 fully saturated rings. The zero-order valence-corrected chi connectivity index (χ0v) is 17.3. The van der Waals surface area contributed by atoms with E-state index in [9.17, 15) is 14.7 Å². The Morgan fingerprint density at radius 2 is 1.61 bits per heavy atom. The monoisotopic (exact) mass is 399 g/mol. The molecule has 6 heteroatoms. The first-order valence-electron chi connectivity index (χ1n) is 9.13. The maximum absolute atomic E-state index is 12.7. The van der Waals surface area contributed by atoms with Crippen LogP contribution in [0.25, 0.3) is 11.1 Å². The van der Waals surface area contributed by atoms with Crippen LogP contribution in [0.2, 0.25) is 0 Å². The molecule has 28 heavy (non-hydrogen) atoms. The number of aliphatic carboxylic acids is 1. The van der Waals surface area contributed by atoms with E-state index in [1.165, 1.54) is 23.7 Å². The summed E-state index contributed by atoms with van der Waals surface area (Å²) >= 11 is 1.40. The molecular formula is C22H25NO4S. The van der Waals surface area contributed by atoms with Crippen LogP contribution in [0, 0.1) is 0 Å². The van der Waals surface area contributed by atoms with Gasteiger partial charge in [-0.3, -0.25) is 4.90 Å². The topological polar surface area (TPSA) is 66.8 Å². The van der Waals surface area contributed by atoms with Gasteiger partial charge in [-0.1, -0.05) is 48.5 Å². The Kier molecular flexibility index (Phi) is 5.70. The number of likely N-dealkylation sites (N-methyl/N-ethyl adjacent to an activating group) is 1. The third kappa shape index (κ3) is 3.61. The minimum atomic E-state index is -1.05. The second-order valence-corrected chi connectivity index (χ2v) is 8.92. The van der Waals surface area contributed by atoms with Gasteiger partial charge in [0.05, 0.1) is 0 Å². The van der Waals surface area contributed by atoms with Crippen LogP contribution in [0.5, 0.6) is 0 Å². The van der Waals surface area contributed by atoms with E-state index in [0.717, 1.165) is 22.3 Å². The van der Waals surface area contributed by atoms with Gasteiger partial charge < -0.3 is 9.84 Å². The summed E-state index contributed by atoms with van der Waals surface area (Å²) in [5, 5.41) is 9.64. The lowest BCUT2D eigenvalue weighted by molar-refractivity contribution is -0.143. The minimum absolute atomic E-state index is 0.0541. The Hall–Kier alpha value is -2.47. The van der Waals surface area contributed by atoms with Crippen molar-refractivity contribution in [3.8, 4) is 11.1 Å². The predicted octanol–water partition coefficient (Wildman–Crippen LogP) is 4.46. The number of carbonyl (C=O) groups is 2. The van der Waals surface area contributed by atoms with Gasteiger partial charge in [-0.05, 0) is 42.4 Å². The Balaban J connectivity index is 1.79. The normalized spacial score (nSPS) is 14.1. The Morgan fingerprint density at radius 1 is 1.11 bits per heavy atom. The number of thioether (sulfide) groups is 1. The molecule has 2 aromatic rings. The van der Waals surface area contributed by atoms with Crippen molar-refractivity contribution in [2.24, 2.45) is 0 Å². The standard InChI is InChI=1S/C22H25NO4S/c1-22(2,28-4)19(20(24)25)23(3)21(26)27-13-18-16-11-7-5-9-14(16)15-10-6-8-12-17(15)18/h5-12,18-19H,13H2,1-4H3,(H,24,25)/t19-/m1/s1. The fraction of sp³-hybridized carbons (Fsp3) is 0.364. The van der Waals surface area contributed by atoms with E-state index in [4.69, 9.17) is 4.74 Å². The summed E-state index contributed by atoms with van der Waals surface area (Å²) in [6.45, 7) is 3.79. The van der Waals surface area contributed by atoms with E-state index >= 15 is 0 Å². The van der Waals surface area contributed by atoms with Gasteiger partial charge in [0, 0.05) is 17.7 Å². The highest BCUT2D eigenvalue weighted by Crippen LogP contribution is 2.44. The quantitative estimate of drug-likeness (QED) is 0.777. The average Bonchev–Trinajstić information content (AvgIpc) is 2.99. The molecule has 1 N–H and O–H groups in total. The largest absolute Gasteiger partial charge is 0.480 e. The SMILES string of the molecule is CSC(C)(C)[C@@H](C(=O)O)N(C)C(=O)OCC1c2ccccc2-c2ccccc21. The van der Waals surface area contributed by atoms with Crippen LogP contribution < -0.4 is 0 Å². The van der Waals surface area contributed by atoms with Crippen molar-refractivity contribution in [2.45, 2.75) is 30.6 Å². The van der Waals surface area contributed by atoms with Crippen LogP contribution in [0.3, 0.4) is 0 Å². The predicted molar refractivity (Wildman–Crippen MR) is 112 cm³/mol. The molecule has 0 aliphatic heterocycles. The molecule has 1 aliphatic carbocycles. The lowest BCUT2D eigenvalue weighted by Crippen LogP contribution is -2.53. The fourth-order valence-corrected chi connectivity index (χ4v) is 4.32. The summed E-state index contributed by atoms with van der Waals surface area (Å²) in [4.78, 5) is 25.6. The number of hydrogen-bond acceptors (Lipinski definition) is 4. The van der Waals surface area contributed by atoms with Crippen molar-refractivity contribution in [3.63, 3.8) is 0 Å². The highest BCUT2D eigenvalue weighted by Gasteiger charge is 2.41. The van der Waals surface area contributed by atoms with Gasteiger partial charge in [-0.2, -0.15) is 11.8 Å². The number of carboxylic acid groups (broad SMARTS) is 1. The summed E-state index contributed by atoms with van der Waals surface area (Å²) in [5.74, 6) is -1.10. The minimum Gasteiger partial charge on any atom is -0.480 e. The van der Waals surface area contributed by atoms with Gasteiger partial charge in [0.25, 0.3) is 0 Å². The van der Waals surface area contributed by atoms with E-state index in [0.29, 0.717) is 0 Å². The second-order valence-electron chi connectivity index (χ2n) is 7.46. The number of amides is 1. The Labute approximate surface area is 169 Å². The summed E-state index contributed by atoms with van der Waals surface area (Å²) in [6, 6.07) is 15.2. The molecule has 0 bridgehead atoms. The summed E-state index contributed by atoms with van der Waals surface area (Å²) < 4.78 is 4.94. The number of fused-ring (bicyclic) bond motifs is 3. The fourth-order valence-electron chi connectivity index (χ4n) is 3.84. The summed E-state index contributed by atoms with van der Waals surface area (Å²) in [7, 11) is 1.48. The molecular weight excluding hydrogens is 374 g/mol. The molecule has 1 aliphatic rings. The molecule has 0 saturated heterocycles. The molecule has 0 unspecified atom stereocenters. The average molecular weight is 400 g/mol. The van der Waals surface area contributed by atoms with Crippen LogP contribution in [-0.4, -0.2) is 52.8 Å². The van der Waals surface area contributed by atoms with Crippen LogP contribution in [0.4, 0.5) is 4.79 Å². The van der Waals surface area contributed by atoms with Crippen LogP contribution >= 0.6 is 11.8 Å². The number of carboxylic acids is 1. The van der Waals surface area contributed by atoms with Gasteiger partial charge in [0.15, 0.2) is 0 Å². The van der Waals surface area contributed by atoms with Gasteiger partial charge in [-0.25, -0.2) is 9.59 Å². The Bertz CT molecular complexity index is 850. The molecule has 0 spiro atoms. The molecule has 1 atom stereocenters. The molecule has 1 amide bonds. The van der Waals surface area contributed by atoms with Crippen LogP contribution in [0.15, 0.2) is 48.5 Å². The van der Waals surface area contributed by atoms with Crippen molar-refractivity contribution in [1.29, 1.82) is 0 Å². The third-order valence-electron chi connectivity index (χ3n) is 5.43. The third-order valence-corrected chi connectivity index (χ3v) is 6.71. The van der Waals surface area contributed by atoms with E-state index in [1.54, 1.807) is 0 Å². The number of benzene rings is 2. The van der Waals surface area contributed by atoms with Gasteiger partial charge >= 0.3 is 12.1 Å². The number of hydrogen-bond donors (Lipinski definition) is 1. The highest BCUT2D eigenvalue weighted by molar-refractivity contribution is 8.00. The molecule has 5 nitrogen and oxygen atoms in total. The van der Waals surface area contributed by atoms with Crippen molar-refractivity contribution in [3.05, 3.63) is 59.7 Å². The van der Waals surface area contributed by atoms with E-state index in [-0.39, 0.29) is 12.5 Å². The molecule has 0 saturated carbocycles. The molecule has 3 rings (SSSR count). The molecule has 0 aromatic heterocycles. The van der Waals surface area contributed by atoms with Crippen LogP contribution in [0.1, 0.15) is 30.9 Å². The second kappa shape index (κ2) is 7.87. The number of ether oxygens (including phenoxy) is 1. The number of rotatable bonds is 6.